The molecule has 0 saturated heterocycles. The summed E-state index contributed by atoms with van der Waals surface area (Å²) in [6.45, 7) is 4.41. The number of ether oxygens (including phenoxy) is 3. The topological polar surface area (TPSA) is 86.5 Å². The third-order valence-corrected chi connectivity index (χ3v) is 3.12. The monoisotopic (exact) mass is 304 g/mol. The van der Waals surface area contributed by atoms with Crippen LogP contribution in [0.5, 0.6) is 5.75 Å². The van der Waals surface area contributed by atoms with Crippen molar-refractivity contribution in [3.8, 4) is 5.75 Å². The van der Waals surface area contributed by atoms with E-state index in [0.29, 0.717) is 29.6 Å². The van der Waals surface area contributed by atoms with Gasteiger partial charge in [0, 0.05) is 12.8 Å². The Morgan fingerprint density at radius 1 is 1.50 bits per heavy atom. The van der Waals surface area contributed by atoms with Gasteiger partial charge in [-0.05, 0) is 26.0 Å². The number of hydrogen-bond donors (Lipinski definition) is 1. The van der Waals surface area contributed by atoms with E-state index in [1.807, 2.05) is 36.6 Å². The molecule has 116 valence electrons. The lowest BCUT2D eigenvalue weighted by Crippen LogP contribution is -2.32. The molecule has 1 aliphatic rings. The molecular weight excluding hydrogens is 288 g/mol. The molecule has 0 unspecified atom stereocenters. The van der Waals surface area contributed by atoms with Crippen LogP contribution in [0.4, 0.5) is 0 Å². The Kier molecular flexibility index (Phi) is 3.92. The lowest BCUT2D eigenvalue weighted by molar-refractivity contribution is -0.124. The number of amides is 1. The van der Waals surface area contributed by atoms with Crippen molar-refractivity contribution in [2.75, 3.05) is 20.0 Å². The highest BCUT2D eigenvalue weighted by molar-refractivity contribution is 5.98. The average Bonchev–Trinajstić information content (AvgIpc) is 2.85. The standard InChI is InChI=1S/C14H16N4O4/c1-3-20-8-22-10-5-4-6-18-12(9(2)15-13(10)18)14-17-16-11(19)7-21-14/h4-6H,3,7-8H2,1-2H3,(H,16,19). The van der Waals surface area contributed by atoms with Gasteiger partial charge < -0.3 is 14.2 Å². The van der Waals surface area contributed by atoms with E-state index >= 15 is 0 Å². The molecule has 0 fully saturated rings. The van der Waals surface area contributed by atoms with Crippen molar-refractivity contribution in [2.24, 2.45) is 5.10 Å². The highest BCUT2D eigenvalue weighted by Crippen LogP contribution is 2.23. The molecule has 0 bridgehead atoms. The summed E-state index contributed by atoms with van der Waals surface area (Å²) in [5, 5.41) is 3.94. The van der Waals surface area contributed by atoms with Gasteiger partial charge >= 0.3 is 0 Å². The lowest BCUT2D eigenvalue weighted by Gasteiger charge is -2.14. The van der Waals surface area contributed by atoms with Gasteiger partial charge in [-0.15, -0.1) is 5.10 Å². The lowest BCUT2D eigenvalue weighted by atomic mass is 10.3. The smallest absolute Gasteiger partial charge is 0.278 e. The van der Waals surface area contributed by atoms with Crippen LogP contribution in [0.1, 0.15) is 18.3 Å². The molecule has 0 spiro atoms. The van der Waals surface area contributed by atoms with Gasteiger partial charge in [0.1, 0.15) is 5.69 Å². The molecule has 3 heterocycles. The van der Waals surface area contributed by atoms with Crippen LogP contribution in [-0.2, 0) is 14.3 Å². The number of hydrogen-bond acceptors (Lipinski definition) is 6. The highest BCUT2D eigenvalue weighted by atomic mass is 16.7. The number of nitrogens with zero attached hydrogens (tertiary/aromatic N) is 3. The van der Waals surface area contributed by atoms with E-state index < -0.39 is 0 Å². The maximum Gasteiger partial charge on any atom is 0.278 e. The Morgan fingerprint density at radius 2 is 2.36 bits per heavy atom. The van der Waals surface area contributed by atoms with Gasteiger partial charge in [0.25, 0.3) is 11.8 Å². The van der Waals surface area contributed by atoms with E-state index in [4.69, 9.17) is 14.2 Å². The van der Waals surface area contributed by atoms with Crippen LogP contribution in [0, 0.1) is 6.92 Å². The van der Waals surface area contributed by atoms with Gasteiger partial charge in [0.15, 0.2) is 24.8 Å². The number of aryl methyl sites for hydroxylation is 1. The van der Waals surface area contributed by atoms with Crippen molar-refractivity contribution in [3.05, 3.63) is 29.7 Å². The zero-order valence-electron chi connectivity index (χ0n) is 12.3. The largest absolute Gasteiger partial charge is 0.465 e. The van der Waals surface area contributed by atoms with Crippen LogP contribution < -0.4 is 10.2 Å². The van der Waals surface area contributed by atoms with Gasteiger partial charge in [0.2, 0.25) is 0 Å². The van der Waals surface area contributed by atoms with Crippen molar-refractivity contribution in [1.29, 1.82) is 0 Å². The highest BCUT2D eigenvalue weighted by Gasteiger charge is 2.22. The number of nitrogens with one attached hydrogen (secondary N) is 1. The number of hydrazone groups is 1. The van der Waals surface area contributed by atoms with Crippen LogP contribution in [-0.4, -0.2) is 41.2 Å². The van der Waals surface area contributed by atoms with Gasteiger partial charge in [-0.25, -0.2) is 10.4 Å². The number of imidazole rings is 1. The first-order valence-corrected chi connectivity index (χ1v) is 6.88. The van der Waals surface area contributed by atoms with Crippen molar-refractivity contribution >= 4 is 17.5 Å². The van der Waals surface area contributed by atoms with Gasteiger partial charge in [-0.1, -0.05) is 0 Å². The minimum Gasteiger partial charge on any atom is -0.465 e. The first-order chi connectivity index (χ1) is 10.7. The summed E-state index contributed by atoms with van der Waals surface area (Å²) < 4.78 is 18.0. The third kappa shape index (κ3) is 2.60. The molecule has 2 aromatic rings. The number of carbonyl (C=O) groups excluding carboxylic acids is 1. The van der Waals surface area contributed by atoms with Crippen molar-refractivity contribution < 1.29 is 19.0 Å². The van der Waals surface area contributed by atoms with Gasteiger partial charge in [-0.2, -0.15) is 0 Å². The number of aromatic nitrogens is 2. The first kappa shape index (κ1) is 14.3. The fraction of sp³-hybridized carbons (Fsp3) is 0.357. The van der Waals surface area contributed by atoms with Crippen molar-refractivity contribution in [3.63, 3.8) is 0 Å². The van der Waals surface area contributed by atoms with Gasteiger partial charge in [-0.3, -0.25) is 9.20 Å². The second-order valence-corrected chi connectivity index (χ2v) is 4.61. The molecule has 0 atom stereocenters. The molecule has 0 aromatic carbocycles. The Bertz CT molecular complexity index is 738. The van der Waals surface area contributed by atoms with Crippen LogP contribution in [0.3, 0.4) is 0 Å². The summed E-state index contributed by atoms with van der Waals surface area (Å²) in [5.41, 5.74) is 4.44. The first-order valence-electron chi connectivity index (χ1n) is 6.88. The molecule has 1 N–H and O–H groups in total. The minimum absolute atomic E-state index is 0.0635. The molecule has 8 nitrogen and oxygen atoms in total. The Balaban J connectivity index is 2.00. The number of rotatable bonds is 5. The predicted octanol–water partition coefficient (Wildman–Crippen LogP) is 0.824. The number of carbonyl (C=O) groups is 1. The van der Waals surface area contributed by atoms with E-state index in [9.17, 15) is 4.79 Å². The van der Waals surface area contributed by atoms with E-state index in [2.05, 4.69) is 15.5 Å². The van der Waals surface area contributed by atoms with Crippen molar-refractivity contribution in [2.45, 2.75) is 13.8 Å². The number of fused-ring (bicyclic) bond motifs is 1. The summed E-state index contributed by atoms with van der Waals surface area (Å²) in [6, 6.07) is 3.65. The fourth-order valence-corrected chi connectivity index (χ4v) is 2.15. The molecule has 8 heteroatoms. The molecule has 3 rings (SSSR count). The maximum absolute atomic E-state index is 11.1. The van der Waals surface area contributed by atoms with Crippen molar-refractivity contribution in [1.82, 2.24) is 14.8 Å². The fourth-order valence-electron chi connectivity index (χ4n) is 2.15. The molecular formula is C14H16N4O4. The normalized spacial score (nSPS) is 14.5. The Labute approximate surface area is 126 Å². The molecule has 0 saturated carbocycles. The summed E-state index contributed by atoms with van der Waals surface area (Å²) in [7, 11) is 0. The zero-order chi connectivity index (χ0) is 15.5. The Morgan fingerprint density at radius 3 is 3.09 bits per heavy atom. The SMILES string of the molecule is CCOCOc1cccn2c(C3=NNC(=O)CO3)c(C)nc12. The molecule has 22 heavy (non-hydrogen) atoms. The summed E-state index contributed by atoms with van der Waals surface area (Å²) in [4.78, 5) is 15.6. The van der Waals surface area contributed by atoms with E-state index in [1.165, 1.54) is 0 Å². The summed E-state index contributed by atoms with van der Waals surface area (Å²) >= 11 is 0. The van der Waals surface area contributed by atoms with Crippen LogP contribution >= 0.6 is 0 Å². The van der Waals surface area contributed by atoms with Crippen LogP contribution in [0.2, 0.25) is 0 Å². The molecule has 0 aliphatic carbocycles. The summed E-state index contributed by atoms with van der Waals surface area (Å²) in [5.74, 6) is 0.647. The molecule has 1 aliphatic heterocycles. The van der Waals surface area contributed by atoms with Crippen LogP contribution in [0.25, 0.3) is 5.65 Å². The molecule has 0 radical (unpaired) electrons. The third-order valence-electron chi connectivity index (χ3n) is 3.12. The number of pyridine rings is 1. The van der Waals surface area contributed by atoms with Gasteiger partial charge in [0.05, 0.1) is 5.69 Å². The van der Waals surface area contributed by atoms with E-state index in [-0.39, 0.29) is 19.3 Å². The quantitative estimate of drug-likeness (QED) is 0.653. The average molecular weight is 304 g/mol. The van der Waals surface area contributed by atoms with Crippen LogP contribution in [0.15, 0.2) is 23.4 Å². The zero-order valence-corrected chi connectivity index (χ0v) is 12.3. The molecule has 2 aromatic heterocycles. The second-order valence-electron chi connectivity index (χ2n) is 4.61. The molecule has 1 amide bonds. The minimum atomic E-state index is -0.282. The summed E-state index contributed by atoms with van der Waals surface area (Å²) in [6.07, 6.45) is 1.83. The van der Waals surface area contributed by atoms with E-state index in [0.717, 1.165) is 5.69 Å². The Hall–Kier alpha value is -2.61. The van der Waals surface area contributed by atoms with E-state index in [1.54, 1.807) is 0 Å². The maximum atomic E-state index is 11.1. The second kappa shape index (κ2) is 6.02. The predicted molar refractivity (Wildman–Crippen MR) is 77.7 cm³/mol.